The van der Waals surface area contributed by atoms with Crippen LogP contribution in [-0.4, -0.2) is 5.78 Å². The Hall–Kier alpha value is -2.05. The van der Waals surface area contributed by atoms with Crippen molar-refractivity contribution >= 4 is 17.4 Å². The molecule has 0 aliphatic carbocycles. The van der Waals surface area contributed by atoms with E-state index in [0.29, 0.717) is 21.9 Å². The van der Waals surface area contributed by atoms with E-state index in [9.17, 15) is 4.79 Å². The van der Waals surface area contributed by atoms with E-state index >= 15 is 0 Å². The van der Waals surface area contributed by atoms with Gasteiger partial charge in [-0.15, -0.1) is 0 Å². The molecule has 1 unspecified atom stereocenters. The van der Waals surface area contributed by atoms with Gasteiger partial charge >= 0.3 is 0 Å². The van der Waals surface area contributed by atoms with Gasteiger partial charge in [-0.1, -0.05) is 23.7 Å². The number of rotatable bonds is 3. The molecular weight excluding hydrogens is 250 g/mol. The van der Waals surface area contributed by atoms with Crippen LogP contribution in [0.1, 0.15) is 27.6 Å². The van der Waals surface area contributed by atoms with Crippen LogP contribution in [0.2, 0.25) is 5.02 Å². The second kappa shape index (κ2) is 5.07. The molecule has 0 aliphatic rings. The quantitative estimate of drug-likeness (QED) is 0.789. The molecule has 0 amide bonds. The van der Waals surface area contributed by atoms with Gasteiger partial charge in [0.15, 0.2) is 5.78 Å². The summed E-state index contributed by atoms with van der Waals surface area (Å²) in [6.45, 7) is 1.75. The second-order valence-corrected chi connectivity index (χ2v) is 4.36. The lowest BCUT2D eigenvalue weighted by molar-refractivity contribution is 0.0978. The third kappa shape index (κ3) is 2.44. The molecule has 0 bridgehead atoms. The predicted octanol–water partition coefficient (Wildman–Crippen LogP) is 3.73. The van der Waals surface area contributed by atoms with Gasteiger partial charge in [0, 0.05) is 5.02 Å². The van der Waals surface area contributed by atoms with E-state index in [1.165, 1.54) is 6.26 Å². The molecule has 2 aromatic rings. The van der Waals surface area contributed by atoms with Gasteiger partial charge in [-0.2, -0.15) is 5.26 Å². The Balaban J connectivity index is 2.32. The van der Waals surface area contributed by atoms with E-state index < -0.39 is 5.92 Å². The third-order valence-corrected chi connectivity index (χ3v) is 2.86. The Labute approximate surface area is 110 Å². The third-order valence-electron chi connectivity index (χ3n) is 2.61. The second-order valence-electron chi connectivity index (χ2n) is 3.92. The first-order valence-electron chi connectivity index (χ1n) is 5.36. The zero-order chi connectivity index (χ0) is 13.1. The zero-order valence-electron chi connectivity index (χ0n) is 9.68. The lowest BCUT2D eigenvalue weighted by Gasteiger charge is -2.06. The van der Waals surface area contributed by atoms with Crippen LogP contribution in [0.3, 0.4) is 0 Å². The van der Waals surface area contributed by atoms with E-state index in [-0.39, 0.29) is 5.78 Å². The molecule has 1 aromatic heterocycles. The average molecular weight is 260 g/mol. The standard InChI is InChI=1S/C14H10ClNO2/c1-9-6-11(8-18-9)14(17)13(7-16)10-2-4-12(15)5-3-10/h2-6,8,13H,1H3. The maximum atomic E-state index is 12.2. The highest BCUT2D eigenvalue weighted by Gasteiger charge is 2.22. The first-order chi connectivity index (χ1) is 8.61. The summed E-state index contributed by atoms with van der Waals surface area (Å²) in [6, 6.07) is 10.3. The van der Waals surface area contributed by atoms with Gasteiger partial charge in [0.2, 0.25) is 0 Å². The molecule has 90 valence electrons. The van der Waals surface area contributed by atoms with Crippen molar-refractivity contribution in [1.82, 2.24) is 0 Å². The van der Waals surface area contributed by atoms with E-state index in [2.05, 4.69) is 0 Å². The molecule has 0 radical (unpaired) electrons. The van der Waals surface area contributed by atoms with Gasteiger partial charge in [-0.3, -0.25) is 4.79 Å². The van der Waals surface area contributed by atoms with Crippen LogP contribution in [0, 0.1) is 18.3 Å². The Bertz CT molecular complexity index is 607. The van der Waals surface area contributed by atoms with Gasteiger partial charge in [0.05, 0.1) is 11.6 Å². The van der Waals surface area contributed by atoms with Crippen LogP contribution in [0.4, 0.5) is 0 Å². The molecule has 1 aromatic carbocycles. The van der Waals surface area contributed by atoms with Crippen LogP contribution in [0.15, 0.2) is 41.0 Å². The number of ketones is 1. The van der Waals surface area contributed by atoms with Crippen molar-refractivity contribution in [3.8, 4) is 6.07 Å². The lowest BCUT2D eigenvalue weighted by Crippen LogP contribution is -2.10. The number of benzene rings is 1. The predicted molar refractivity (Wildman–Crippen MR) is 67.6 cm³/mol. The molecule has 0 aliphatic heterocycles. The summed E-state index contributed by atoms with van der Waals surface area (Å²) < 4.78 is 5.08. The Morgan fingerprint density at radius 3 is 2.56 bits per heavy atom. The highest BCUT2D eigenvalue weighted by molar-refractivity contribution is 6.30. The fraction of sp³-hybridized carbons (Fsp3) is 0.143. The normalized spacial score (nSPS) is 11.8. The minimum Gasteiger partial charge on any atom is -0.469 e. The van der Waals surface area contributed by atoms with Gasteiger partial charge in [0.25, 0.3) is 0 Å². The molecule has 0 spiro atoms. The number of furan rings is 1. The summed E-state index contributed by atoms with van der Waals surface area (Å²) in [4.78, 5) is 12.2. The van der Waals surface area contributed by atoms with Gasteiger partial charge < -0.3 is 4.42 Å². The highest BCUT2D eigenvalue weighted by Crippen LogP contribution is 2.23. The van der Waals surface area contributed by atoms with Crippen LogP contribution in [0.5, 0.6) is 0 Å². The number of aryl methyl sites for hydroxylation is 1. The van der Waals surface area contributed by atoms with Crippen LogP contribution >= 0.6 is 11.6 Å². The van der Waals surface area contributed by atoms with Gasteiger partial charge in [0.1, 0.15) is 17.9 Å². The first kappa shape index (κ1) is 12.4. The molecule has 3 nitrogen and oxygen atoms in total. The maximum absolute atomic E-state index is 12.2. The molecule has 1 heterocycles. The number of hydrogen-bond acceptors (Lipinski definition) is 3. The fourth-order valence-electron chi connectivity index (χ4n) is 1.68. The Kier molecular flexibility index (Phi) is 3.50. The molecule has 4 heteroatoms. The molecule has 18 heavy (non-hydrogen) atoms. The van der Waals surface area contributed by atoms with Crippen molar-refractivity contribution in [3.05, 3.63) is 58.5 Å². The summed E-state index contributed by atoms with van der Waals surface area (Å²) in [5.74, 6) is -0.456. The molecule has 0 fully saturated rings. The number of carbonyl (C=O) groups excluding carboxylic acids is 1. The van der Waals surface area contributed by atoms with Crippen molar-refractivity contribution in [2.75, 3.05) is 0 Å². The molecule has 0 saturated heterocycles. The minimum absolute atomic E-state index is 0.267. The molecule has 1 atom stereocenters. The Morgan fingerprint density at radius 1 is 1.39 bits per heavy atom. The van der Waals surface area contributed by atoms with Crippen LogP contribution in [-0.2, 0) is 0 Å². The van der Waals surface area contributed by atoms with Gasteiger partial charge in [-0.05, 0) is 30.7 Å². The summed E-state index contributed by atoms with van der Waals surface area (Å²) in [5.41, 5.74) is 1.04. The SMILES string of the molecule is Cc1cc(C(=O)C(C#N)c2ccc(Cl)cc2)co1. The number of hydrogen-bond donors (Lipinski definition) is 0. The van der Waals surface area contributed by atoms with E-state index in [0.717, 1.165) is 0 Å². The fourth-order valence-corrected chi connectivity index (χ4v) is 1.81. The van der Waals surface area contributed by atoms with E-state index in [1.807, 2.05) is 6.07 Å². The molecule has 0 N–H and O–H groups in total. The van der Waals surface area contributed by atoms with Crippen molar-refractivity contribution < 1.29 is 9.21 Å². The highest BCUT2D eigenvalue weighted by atomic mass is 35.5. The summed E-state index contributed by atoms with van der Waals surface area (Å²) in [5, 5.41) is 9.72. The number of nitrogens with zero attached hydrogens (tertiary/aromatic N) is 1. The summed E-state index contributed by atoms with van der Waals surface area (Å²) >= 11 is 5.78. The number of Topliss-reactive ketones (excluding diaryl/α,β-unsaturated/α-hetero) is 1. The summed E-state index contributed by atoms with van der Waals surface area (Å²) in [7, 11) is 0. The van der Waals surface area contributed by atoms with Crippen LogP contribution < -0.4 is 0 Å². The topological polar surface area (TPSA) is 54.0 Å². The zero-order valence-corrected chi connectivity index (χ0v) is 10.4. The minimum atomic E-state index is -0.834. The molecular formula is C14H10ClNO2. The smallest absolute Gasteiger partial charge is 0.187 e. The lowest BCUT2D eigenvalue weighted by atomic mass is 9.93. The van der Waals surface area contributed by atoms with Gasteiger partial charge in [-0.25, -0.2) is 0 Å². The van der Waals surface area contributed by atoms with Crippen molar-refractivity contribution in [1.29, 1.82) is 5.26 Å². The number of nitriles is 1. The average Bonchev–Trinajstić information content (AvgIpc) is 2.79. The molecule has 0 saturated carbocycles. The number of halogens is 1. The summed E-state index contributed by atoms with van der Waals surface area (Å²) in [6.07, 6.45) is 1.37. The number of carbonyl (C=O) groups is 1. The van der Waals surface area contributed by atoms with E-state index in [4.69, 9.17) is 21.3 Å². The monoisotopic (exact) mass is 259 g/mol. The van der Waals surface area contributed by atoms with Crippen molar-refractivity contribution in [3.63, 3.8) is 0 Å². The largest absolute Gasteiger partial charge is 0.469 e. The van der Waals surface area contributed by atoms with Crippen molar-refractivity contribution in [2.45, 2.75) is 12.8 Å². The Morgan fingerprint density at radius 2 is 2.06 bits per heavy atom. The molecule has 2 rings (SSSR count). The van der Waals surface area contributed by atoms with Crippen LogP contribution in [0.25, 0.3) is 0 Å². The van der Waals surface area contributed by atoms with Crippen molar-refractivity contribution in [2.24, 2.45) is 0 Å². The first-order valence-corrected chi connectivity index (χ1v) is 5.74. The maximum Gasteiger partial charge on any atom is 0.187 e. The van der Waals surface area contributed by atoms with E-state index in [1.54, 1.807) is 37.3 Å².